The fourth-order valence-electron chi connectivity index (χ4n) is 0.833. The third-order valence-corrected chi connectivity index (χ3v) is 1.58. The Balaban J connectivity index is 4.15. The average Bonchev–Trinajstić information content (AvgIpc) is 1.99. The standard InChI is InChI=1S/C9H13F3O/c1-3-4-5-7(2)6-8(13)9(10,11)12/h6H,3-5H2,1-2H3/b7-6+. The first-order valence-corrected chi connectivity index (χ1v) is 4.16. The van der Waals surface area contributed by atoms with Crippen molar-refractivity contribution in [3.05, 3.63) is 11.6 Å². The molecule has 76 valence electrons. The van der Waals surface area contributed by atoms with E-state index < -0.39 is 12.0 Å². The first kappa shape index (κ1) is 12.2. The highest BCUT2D eigenvalue weighted by Crippen LogP contribution is 2.18. The molecule has 13 heavy (non-hydrogen) atoms. The quantitative estimate of drug-likeness (QED) is 0.628. The Bertz CT molecular complexity index is 203. The van der Waals surface area contributed by atoms with E-state index in [4.69, 9.17) is 0 Å². The summed E-state index contributed by atoms with van der Waals surface area (Å²) >= 11 is 0. The number of carbonyl (C=O) groups excluding carboxylic acids is 1. The van der Waals surface area contributed by atoms with Crippen molar-refractivity contribution in [3.8, 4) is 0 Å². The Morgan fingerprint density at radius 1 is 1.38 bits per heavy atom. The fourth-order valence-corrected chi connectivity index (χ4v) is 0.833. The summed E-state index contributed by atoms with van der Waals surface area (Å²) < 4.78 is 35.2. The number of carbonyl (C=O) groups is 1. The van der Waals surface area contributed by atoms with Gasteiger partial charge in [-0.2, -0.15) is 13.2 Å². The number of unbranched alkanes of at least 4 members (excludes halogenated alkanes) is 1. The summed E-state index contributed by atoms with van der Waals surface area (Å²) in [6.07, 6.45) is -1.78. The van der Waals surface area contributed by atoms with Gasteiger partial charge in [-0.25, -0.2) is 0 Å². The van der Waals surface area contributed by atoms with Gasteiger partial charge in [0.1, 0.15) is 0 Å². The normalized spacial score (nSPS) is 13.2. The predicted octanol–water partition coefficient (Wildman–Crippen LogP) is 3.25. The third kappa shape index (κ3) is 5.44. The molecule has 0 saturated carbocycles. The maximum atomic E-state index is 11.7. The topological polar surface area (TPSA) is 17.1 Å². The van der Waals surface area contributed by atoms with Gasteiger partial charge in [0.2, 0.25) is 0 Å². The summed E-state index contributed by atoms with van der Waals surface area (Å²) in [6.45, 7) is 3.48. The van der Waals surface area contributed by atoms with Gasteiger partial charge in [0, 0.05) is 0 Å². The molecule has 4 heteroatoms. The number of hydrogen-bond donors (Lipinski definition) is 0. The van der Waals surface area contributed by atoms with Crippen molar-refractivity contribution in [2.75, 3.05) is 0 Å². The molecule has 0 N–H and O–H groups in total. The van der Waals surface area contributed by atoms with E-state index in [2.05, 4.69) is 0 Å². The highest BCUT2D eigenvalue weighted by Gasteiger charge is 2.36. The van der Waals surface area contributed by atoms with E-state index in [1.165, 1.54) is 0 Å². The molecule has 1 nitrogen and oxygen atoms in total. The van der Waals surface area contributed by atoms with Crippen LogP contribution >= 0.6 is 0 Å². The van der Waals surface area contributed by atoms with Gasteiger partial charge in [-0.3, -0.25) is 4.79 Å². The SMILES string of the molecule is CCCC/C(C)=C/C(=O)C(F)(F)F. The average molecular weight is 194 g/mol. The maximum Gasteiger partial charge on any atom is 0.454 e. The van der Waals surface area contributed by atoms with Gasteiger partial charge in [0.25, 0.3) is 5.78 Å². The minimum absolute atomic E-state index is 0.490. The summed E-state index contributed by atoms with van der Waals surface area (Å²) in [4.78, 5) is 10.4. The second-order valence-corrected chi connectivity index (χ2v) is 2.96. The number of halogens is 3. The van der Waals surface area contributed by atoms with Crippen LogP contribution in [0.3, 0.4) is 0 Å². The molecule has 0 aromatic heterocycles. The minimum atomic E-state index is -4.73. The van der Waals surface area contributed by atoms with Crippen LogP contribution in [0.25, 0.3) is 0 Å². The lowest BCUT2D eigenvalue weighted by Crippen LogP contribution is -2.20. The Hall–Kier alpha value is -0.800. The molecule has 0 radical (unpaired) electrons. The van der Waals surface area contributed by atoms with Crippen molar-refractivity contribution in [1.29, 1.82) is 0 Å². The molecule has 0 spiro atoms. The molecule has 0 fully saturated rings. The van der Waals surface area contributed by atoms with E-state index in [0.29, 0.717) is 18.1 Å². The van der Waals surface area contributed by atoms with Crippen LogP contribution < -0.4 is 0 Å². The summed E-state index contributed by atoms with van der Waals surface area (Å²) in [5.74, 6) is -1.76. The highest BCUT2D eigenvalue weighted by molar-refractivity contribution is 5.94. The van der Waals surface area contributed by atoms with E-state index in [1.807, 2.05) is 6.92 Å². The second kappa shape index (κ2) is 5.04. The molecule has 0 rings (SSSR count). The van der Waals surface area contributed by atoms with Gasteiger partial charge in [0.05, 0.1) is 0 Å². The first-order valence-electron chi connectivity index (χ1n) is 4.16. The molecule has 0 aromatic carbocycles. The zero-order valence-electron chi connectivity index (χ0n) is 7.74. The number of allylic oxidation sites excluding steroid dienone is 2. The Kier molecular flexibility index (Phi) is 4.73. The molecular formula is C9H13F3O. The lowest BCUT2D eigenvalue weighted by molar-refractivity contribution is -0.165. The third-order valence-electron chi connectivity index (χ3n) is 1.58. The van der Waals surface area contributed by atoms with Crippen LogP contribution in [0.4, 0.5) is 13.2 Å². The van der Waals surface area contributed by atoms with Crippen LogP contribution in [0.1, 0.15) is 33.1 Å². The Morgan fingerprint density at radius 3 is 2.31 bits per heavy atom. The van der Waals surface area contributed by atoms with Gasteiger partial charge < -0.3 is 0 Å². The highest BCUT2D eigenvalue weighted by atomic mass is 19.4. The fraction of sp³-hybridized carbons (Fsp3) is 0.667. The smallest absolute Gasteiger partial charge is 0.285 e. The van der Waals surface area contributed by atoms with E-state index >= 15 is 0 Å². The molecule has 0 atom stereocenters. The number of hydrogen-bond acceptors (Lipinski definition) is 1. The molecule has 0 aromatic rings. The van der Waals surface area contributed by atoms with E-state index in [0.717, 1.165) is 12.8 Å². The lowest BCUT2D eigenvalue weighted by Gasteiger charge is -2.02. The molecular weight excluding hydrogens is 181 g/mol. The summed E-state index contributed by atoms with van der Waals surface area (Å²) in [6, 6.07) is 0. The zero-order chi connectivity index (χ0) is 10.5. The van der Waals surface area contributed by atoms with Crippen LogP contribution in [-0.4, -0.2) is 12.0 Å². The Labute approximate surface area is 75.6 Å². The zero-order valence-corrected chi connectivity index (χ0v) is 7.74. The number of alkyl halides is 3. The largest absolute Gasteiger partial charge is 0.454 e. The molecule has 0 aliphatic rings. The molecule has 0 aliphatic carbocycles. The van der Waals surface area contributed by atoms with Gasteiger partial charge in [-0.15, -0.1) is 0 Å². The molecule has 0 saturated heterocycles. The molecule has 0 bridgehead atoms. The van der Waals surface area contributed by atoms with Gasteiger partial charge in [-0.05, 0) is 25.8 Å². The Morgan fingerprint density at radius 2 is 1.92 bits per heavy atom. The first-order chi connectivity index (χ1) is 5.88. The molecule has 0 unspecified atom stereocenters. The number of rotatable bonds is 4. The van der Waals surface area contributed by atoms with Crippen molar-refractivity contribution in [1.82, 2.24) is 0 Å². The van der Waals surface area contributed by atoms with Crippen LogP contribution in [-0.2, 0) is 4.79 Å². The van der Waals surface area contributed by atoms with Crippen molar-refractivity contribution in [2.45, 2.75) is 39.3 Å². The minimum Gasteiger partial charge on any atom is -0.285 e. The lowest BCUT2D eigenvalue weighted by atomic mass is 10.1. The summed E-state index contributed by atoms with van der Waals surface area (Å²) in [7, 11) is 0. The maximum absolute atomic E-state index is 11.7. The predicted molar refractivity (Wildman–Crippen MR) is 44.3 cm³/mol. The van der Waals surface area contributed by atoms with Crippen molar-refractivity contribution >= 4 is 5.78 Å². The summed E-state index contributed by atoms with van der Waals surface area (Å²) in [5, 5.41) is 0. The molecule has 0 aliphatic heterocycles. The van der Waals surface area contributed by atoms with E-state index in [1.54, 1.807) is 6.92 Å². The van der Waals surface area contributed by atoms with E-state index in [-0.39, 0.29) is 0 Å². The van der Waals surface area contributed by atoms with Crippen LogP contribution in [0.15, 0.2) is 11.6 Å². The van der Waals surface area contributed by atoms with Gasteiger partial charge in [-0.1, -0.05) is 18.9 Å². The van der Waals surface area contributed by atoms with Gasteiger partial charge in [0.15, 0.2) is 0 Å². The van der Waals surface area contributed by atoms with Crippen molar-refractivity contribution < 1.29 is 18.0 Å². The molecule has 0 heterocycles. The van der Waals surface area contributed by atoms with Crippen LogP contribution in [0.2, 0.25) is 0 Å². The van der Waals surface area contributed by atoms with Crippen molar-refractivity contribution in [3.63, 3.8) is 0 Å². The van der Waals surface area contributed by atoms with Crippen LogP contribution in [0, 0.1) is 0 Å². The van der Waals surface area contributed by atoms with Crippen molar-refractivity contribution in [2.24, 2.45) is 0 Å². The van der Waals surface area contributed by atoms with Gasteiger partial charge >= 0.3 is 6.18 Å². The second-order valence-electron chi connectivity index (χ2n) is 2.96. The molecule has 0 amide bonds. The summed E-state index contributed by atoms with van der Waals surface area (Å²) in [5.41, 5.74) is 0.490. The monoisotopic (exact) mass is 194 g/mol. The van der Waals surface area contributed by atoms with E-state index in [9.17, 15) is 18.0 Å². The number of ketones is 1. The van der Waals surface area contributed by atoms with Crippen LogP contribution in [0.5, 0.6) is 0 Å².